The number of aromatic hydroxyl groups is 1. The molecule has 2 aromatic heterocycles. The van der Waals surface area contributed by atoms with Crippen molar-refractivity contribution in [2.45, 2.75) is 26.8 Å². The van der Waals surface area contributed by atoms with Gasteiger partial charge in [-0.3, -0.25) is 14.5 Å². The summed E-state index contributed by atoms with van der Waals surface area (Å²) in [4.78, 5) is 33.4. The quantitative estimate of drug-likeness (QED) is 0.499. The molecule has 0 saturated heterocycles. The number of amides is 1. The van der Waals surface area contributed by atoms with Crippen LogP contribution in [0.2, 0.25) is 0 Å². The number of hydrogen-bond acceptors (Lipinski definition) is 6. The summed E-state index contributed by atoms with van der Waals surface area (Å²) in [6.07, 6.45) is 0. The Bertz CT molecular complexity index is 1510. The molecule has 0 bridgehead atoms. The van der Waals surface area contributed by atoms with Crippen molar-refractivity contribution in [3.63, 3.8) is 0 Å². The molecule has 4 aromatic rings. The van der Waals surface area contributed by atoms with Gasteiger partial charge in [0.2, 0.25) is 5.76 Å². The van der Waals surface area contributed by atoms with Crippen molar-refractivity contribution in [2.75, 3.05) is 12.0 Å². The summed E-state index contributed by atoms with van der Waals surface area (Å²) in [5.41, 5.74) is 3.59. The Labute approximate surface area is 189 Å². The molecular formula is C26H22N2O5. The molecule has 1 amide bonds. The highest BCUT2D eigenvalue weighted by atomic mass is 16.5. The molecule has 1 aliphatic rings. The number of methoxy groups -OCH3 is 1. The number of pyridine rings is 1. The summed E-state index contributed by atoms with van der Waals surface area (Å²) >= 11 is 0. The number of rotatable bonds is 3. The molecule has 0 radical (unpaired) electrons. The molecule has 7 nitrogen and oxygen atoms in total. The Hall–Kier alpha value is -4.13. The van der Waals surface area contributed by atoms with Crippen molar-refractivity contribution in [1.82, 2.24) is 4.98 Å². The monoisotopic (exact) mass is 442 g/mol. The molecule has 2 aromatic carbocycles. The summed E-state index contributed by atoms with van der Waals surface area (Å²) in [5.74, 6) is 0.151. The van der Waals surface area contributed by atoms with Gasteiger partial charge < -0.3 is 14.3 Å². The molecular weight excluding hydrogens is 420 g/mol. The van der Waals surface area contributed by atoms with Gasteiger partial charge in [0.1, 0.15) is 11.4 Å². The number of benzene rings is 2. The van der Waals surface area contributed by atoms with Crippen LogP contribution in [-0.2, 0) is 0 Å². The molecule has 0 fully saturated rings. The first kappa shape index (κ1) is 20.8. The lowest BCUT2D eigenvalue weighted by Gasteiger charge is -2.25. The zero-order chi connectivity index (χ0) is 23.4. The first-order valence-electron chi connectivity index (χ1n) is 10.5. The Morgan fingerprint density at radius 1 is 1.03 bits per heavy atom. The van der Waals surface area contributed by atoms with Gasteiger partial charge in [-0.1, -0.05) is 12.1 Å². The standard InChI is InChI=1S/C26H22N2O5/c1-13-10-17-19(11-14(13)2)33-25-22(24(17)30)23(16-8-9-18(29)20(12-16)32-4)28(26(25)31)21-7-5-6-15(3)27-21/h5-12,23,29H,1-4H3. The zero-order valence-electron chi connectivity index (χ0n) is 18.7. The van der Waals surface area contributed by atoms with E-state index in [1.54, 1.807) is 36.4 Å². The van der Waals surface area contributed by atoms with E-state index < -0.39 is 11.9 Å². The average molecular weight is 442 g/mol. The van der Waals surface area contributed by atoms with Gasteiger partial charge in [0.25, 0.3) is 5.91 Å². The largest absolute Gasteiger partial charge is 0.504 e. The van der Waals surface area contributed by atoms with Gasteiger partial charge in [0.15, 0.2) is 16.9 Å². The van der Waals surface area contributed by atoms with Crippen LogP contribution in [0.25, 0.3) is 11.0 Å². The maximum Gasteiger partial charge on any atom is 0.296 e. The van der Waals surface area contributed by atoms with E-state index in [9.17, 15) is 14.7 Å². The number of hydrogen-bond donors (Lipinski definition) is 1. The second-order valence-electron chi connectivity index (χ2n) is 8.25. The van der Waals surface area contributed by atoms with Crippen LogP contribution in [0.1, 0.15) is 44.5 Å². The van der Waals surface area contributed by atoms with E-state index in [0.717, 1.165) is 16.8 Å². The zero-order valence-corrected chi connectivity index (χ0v) is 18.7. The molecule has 166 valence electrons. The van der Waals surface area contributed by atoms with E-state index in [0.29, 0.717) is 22.4 Å². The van der Waals surface area contributed by atoms with Gasteiger partial charge in [-0.2, -0.15) is 0 Å². The second-order valence-corrected chi connectivity index (χ2v) is 8.25. The van der Waals surface area contributed by atoms with Gasteiger partial charge in [-0.25, -0.2) is 4.98 Å². The fraction of sp³-hybridized carbons (Fsp3) is 0.192. The van der Waals surface area contributed by atoms with Crippen LogP contribution in [0.15, 0.2) is 57.7 Å². The van der Waals surface area contributed by atoms with Crippen LogP contribution in [-0.4, -0.2) is 23.1 Å². The number of aryl methyl sites for hydroxylation is 3. The van der Waals surface area contributed by atoms with E-state index in [2.05, 4.69) is 4.98 Å². The molecule has 1 N–H and O–H groups in total. The predicted molar refractivity (Wildman–Crippen MR) is 124 cm³/mol. The van der Waals surface area contributed by atoms with Crippen molar-refractivity contribution in [1.29, 1.82) is 0 Å². The highest BCUT2D eigenvalue weighted by molar-refractivity contribution is 6.10. The minimum Gasteiger partial charge on any atom is -0.504 e. The normalized spacial score (nSPS) is 15.2. The number of ether oxygens (including phenoxy) is 1. The van der Waals surface area contributed by atoms with Crippen molar-refractivity contribution < 1.29 is 19.1 Å². The van der Waals surface area contributed by atoms with Crippen molar-refractivity contribution >= 4 is 22.7 Å². The van der Waals surface area contributed by atoms with Crippen molar-refractivity contribution in [2.24, 2.45) is 0 Å². The lowest BCUT2D eigenvalue weighted by atomic mass is 9.97. The molecule has 1 atom stereocenters. The fourth-order valence-corrected chi connectivity index (χ4v) is 4.31. The smallest absolute Gasteiger partial charge is 0.296 e. The van der Waals surface area contributed by atoms with Crippen LogP contribution >= 0.6 is 0 Å². The maximum absolute atomic E-state index is 13.7. The number of carbonyl (C=O) groups excluding carboxylic acids is 1. The number of nitrogens with zero attached hydrogens (tertiary/aromatic N) is 2. The third-order valence-corrected chi connectivity index (χ3v) is 6.13. The van der Waals surface area contributed by atoms with Crippen LogP contribution in [0.4, 0.5) is 5.82 Å². The summed E-state index contributed by atoms with van der Waals surface area (Å²) in [5, 5.41) is 10.5. The lowest BCUT2D eigenvalue weighted by Crippen LogP contribution is -2.30. The minimum absolute atomic E-state index is 0.00361. The molecule has 1 unspecified atom stereocenters. The van der Waals surface area contributed by atoms with E-state index in [1.807, 2.05) is 26.8 Å². The van der Waals surface area contributed by atoms with Crippen molar-refractivity contribution in [3.05, 3.63) is 92.5 Å². The molecule has 3 heterocycles. The Kier molecular flexibility index (Phi) is 4.70. The molecule has 0 spiro atoms. The molecule has 0 saturated carbocycles. The van der Waals surface area contributed by atoms with Gasteiger partial charge >= 0.3 is 0 Å². The first-order chi connectivity index (χ1) is 15.8. The number of carbonyl (C=O) groups is 1. The highest BCUT2D eigenvalue weighted by Gasteiger charge is 2.44. The second kappa shape index (κ2) is 7.48. The summed E-state index contributed by atoms with van der Waals surface area (Å²) in [7, 11) is 1.44. The fourth-order valence-electron chi connectivity index (χ4n) is 4.31. The van der Waals surface area contributed by atoms with E-state index >= 15 is 0 Å². The Morgan fingerprint density at radius 2 is 1.79 bits per heavy atom. The van der Waals surface area contributed by atoms with E-state index in [1.165, 1.54) is 18.1 Å². The van der Waals surface area contributed by atoms with Crippen molar-refractivity contribution in [3.8, 4) is 11.5 Å². The van der Waals surface area contributed by atoms with E-state index in [4.69, 9.17) is 9.15 Å². The van der Waals surface area contributed by atoms with Crippen LogP contribution in [0.3, 0.4) is 0 Å². The number of fused-ring (bicyclic) bond motifs is 2. The maximum atomic E-state index is 13.7. The number of phenolic OH excluding ortho intramolecular Hbond substituents is 1. The molecule has 0 aliphatic carbocycles. The Balaban J connectivity index is 1.84. The third-order valence-electron chi connectivity index (χ3n) is 6.13. The predicted octanol–water partition coefficient (Wildman–Crippen LogP) is 4.58. The molecule has 33 heavy (non-hydrogen) atoms. The number of anilines is 1. The lowest BCUT2D eigenvalue weighted by molar-refractivity contribution is 0.0970. The van der Waals surface area contributed by atoms with E-state index in [-0.39, 0.29) is 28.3 Å². The average Bonchev–Trinajstić information content (AvgIpc) is 3.08. The SMILES string of the molecule is COc1cc(C2c3c(oc4cc(C)c(C)cc4c3=O)C(=O)N2c2cccc(C)n2)ccc1O. The first-order valence-corrected chi connectivity index (χ1v) is 10.5. The summed E-state index contributed by atoms with van der Waals surface area (Å²) in [6.45, 7) is 5.69. The van der Waals surface area contributed by atoms with Gasteiger partial charge in [0.05, 0.1) is 24.1 Å². The highest BCUT2D eigenvalue weighted by Crippen LogP contribution is 2.42. The topological polar surface area (TPSA) is 92.9 Å². The Morgan fingerprint density at radius 3 is 2.52 bits per heavy atom. The van der Waals surface area contributed by atoms with Crippen LogP contribution in [0, 0.1) is 20.8 Å². The number of phenols is 1. The summed E-state index contributed by atoms with van der Waals surface area (Å²) in [6, 6.07) is 12.9. The summed E-state index contributed by atoms with van der Waals surface area (Å²) < 4.78 is 11.3. The molecule has 7 heteroatoms. The van der Waals surface area contributed by atoms with Gasteiger partial charge in [-0.05, 0) is 73.9 Å². The van der Waals surface area contributed by atoms with Crippen LogP contribution in [0.5, 0.6) is 11.5 Å². The minimum atomic E-state index is -0.793. The third kappa shape index (κ3) is 3.16. The van der Waals surface area contributed by atoms with Crippen LogP contribution < -0.4 is 15.1 Å². The molecule has 1 aliphatic heterocycles. The molecule has 5 rings (SSSR count). The van der Waals surface area contributed by atoms with Gasteiger partial charge in [0, 0.05) is 5.69 Å². The number of aromatic nitrogens is 1. The van der Waals surface area contributed by atoms with Gasteiger partial charge in [-0.15, -0.1) is 0 Å².